The predicted molar refractivity (Wildman–Crippen MR) is 94.0 cm³/mol. The van der Waals surface area contributed by atoms with Crippen LogP contribution in [0.2, 0.25) is 0 Å². The number of carbonyl (C=O) groups is 2. The van der Waals surface area contributed by atoms with Gasteiger partial charge in [0.15, 0.2) is 0 Å². The molecule has 4 rings (SSSR count). The minimum Gasteiger partial charge on any atom is -0.353 e. The molecule has 1 saturated carbocycles. The molecule has 2 saturated heterocycles. The second-order valence-corrected chi connectivity index (χ2v) is 7.41. The second kappa shape index (κ2) is 6.79. The molecule has 0 bridgehead atoms. The van der Waals surface area contributed by atoms with Crippen molar-refractivity contribution in [2.24, 2.45) is 0 Å². The Balaban J connectivity index is 1.66. The summed E-state index contributed by atoms with van der Waals surface area (Å²) in [6, 6.07) is 8.82. The number of likely N-dealkylation sites (tertiary alicyclic amines) is 1. The number of ether oxygens (including phenoxy) is 1. The van der Waals surface area contributed by atoms with Crippen LogP contribution in [0, 0.1) is 0 Å². The molecule has 1 aromatic carbocycles. The van der Waals surface area contributed by atoms with E-state index in [1.807, 2.05) is 35.2 Å². The maximum Gasteiger partial charge on any atom is 0.256 e. The van der Waals surface area contributed by atoms with E-state index in [0.29, 0.717) is 12.2 Å². The van der Waals surface area contributed by atoms with E-state index in [9.17, 15) is 9.59 Å². The Kier molecular flexibility index (Phi) is 4.50. The molecule has 1 aromatic rings. The van der Waals surface area contributed by atoms with Gasteiger partial charge in [0.1, 0.15) is 11.8 Å². The van der Waals surface area contributed by atoms with Crippen LogP contribution in [0.25, 0.3) is 0 Å². The van der Waals surface area contributed by atoms with Crippen molar-refractivity contribution in [1.82, 2.24) is 9.80 Å². The summed E-state index contributed by atoms with van der Waals surface area (Å²) in [5.41, 5.74) is 0.0442. The van der Waals surface area contributed by atoms with Crippen molar-refractivity contribution in [3.63, 3.8) is 0 Å². The fourth-order valence-electron chi connectivity index (χ4n) is 4.53. The third-order valence-corrected chi connectivity index (χ3v) is 5.84. The molecule has 0 aromatic heterocycles. The summed E-state index contributed by atoms with van der Waals surface area (Å²) in [4.78, 5) is 30.1. The molecule has 5 heteroatoms. The fourth-order valence-corrected chi connectivity index (χ4v) is 4.53. The van der Waals surface area contributed by atoms with Crippen LogP contribution in [0.4, 0.5) is 0 Å². The van der Waals surface area contributed by atoms with Gasteiger partial charge in [0, 0.05) is 18.7 Å². The minimum atomic E-state index is -0.592. The zero-order valence-corrected chi connectivity index (χ0v) is 14.7. The van der Waals surface area contributed by atoms with Gasteiger partial charge in [0.25, 0.3) is 5.91 Å². The summed E-state index contributed by atoms with van der Waals surface area (Å²) in [6.07, 6.45) is 7.02. The Morgan fingerprint density at radius 1 is 0.960 bits per heavy atom. The highest BCUT2D eigenvalue weighted by atomic mass is 16.5. The van der Waals surface area contributed by atoms with E-state index in [1.54, 1.807) is 4.90 Å². The van der Waals surface area contributed by atoms with Gasteiger partial charge in [0.2, 0.25) is 5.91 Å². The second-order valence-electron chi connectivity index (χ2n) is 7.41. The smallest absolute Gasteiger partial charge is 0.256 e. The average molecular weight is 342 g/mol. The van der Waals surface area contributed by atoms with Crippen LogP contribution in [-0.4, -0.2) is 53.1 Å². The van der Waals surface area contributed by atoms with E-state index in [1.165, 1.54) is 6.42 Å². The molecule has 0 radical (unpaired) electrons. The summed E-state index contributed by atoms with van der Waals surface area (Å²) in [5.74, 6) is -0.0122. The van der Waals surface area contributed by atoms with Crippen LogP contribution in [0.1, 0.15) is 55.3 Å². The van der Waals surface area contributed by atoms with Crippen LogP contribution in [0.15, 0.2) is 30.3 Å². The molecule has 1 spiro atoms. The first-order chi connectivity index (χ1) is 12.2. The maximum absolute atomic E-state index is 13.3. The minimum absolute atomic E-state index is 0.0595. The molecule has 1 aliphatic carbocycles. The monoisotopic (exact) mass is 342 g/mol. The first kappa shape index (κ1) is 16.6. The SMILES string of the molecule is O=C([C@@H]1COC2(CCCCC2)N1C(=O)c1ccccc1)N1CCCC1. The van der Waals surface area contributed by atoms with Crippen molar-refractivity contribution < 1.29 is 14.3 Å². The van der Waals surface area contributed by atoms with E-state index in [2.05, 4.69) is 0 Å². The Hall–Kier alpha value is -1.88. The summed E-state index contributed by atoms with van der Waals surface area (Å²) in [5, 5.41) is 0. The van der Waals surface area contributed by atoms with Crippen molar-refractivity contribution >= 4 is 11.8 Å². The van der Waals surface area contributed by atoms with Crippen molar-refractivity contribution in [2.45, 2.75) is 56.7 Å². The lowest BCUT2D eigenvalue weighted by atomic mass is 9.89. The molecular weight excluding hydrogens is 316 g/mol. The van der Waals surface area contributed by atoms with Gasteiger partial charge in [-0.1, -0.05) is 24.6 Å². The predicted octanol–water partition coefficient (Wildman–Crippen LogP) is 2.81. The molecule has 3 fully saturated rings. The highest BCUT2D eigenvalue weighted by Crippen LogP contribution is 2.41. The number of benzene rings is 1. The Labute approximate surface area is 148 Å². The summed E-state index contributed by atoms with van der Waals surface area (Å²) in [6.45, 7) is 1.93. The van der Waals surface area contributed by atoms with E-state index in [4.69, 9.17) is 4.74 Å². The quantitative estimate of drug-likeness (QED) is 0.830. The van der Waals surface area contributed by atoms with Crippen LogP contribution in [-0.2, 0) is 9.53 Å². The number of hydrogen-bond acceptors (Lipinski definition) is 3. The van der Waals surface area contributed by atoms with E-state index >= 15 is 0 Å². The standard InChI is InChI=1S/C20H26N2O3/c23-18(16-9-3-1-4-10-16)22-17(19(24)21-13-7-8-14-21)15-25-20(22)11-5-2-6-12-20/h1,3-4,9-10,17H,2,5-8,11-15H2/t17-/m0/s1. The molecule has 5 nitrogen and oxygen atoms in total. The van der Waals surface area contributed by atoms with Crippen LogP contribution < -0.4 is 0 Å². The van der Waals surface area contributed by atoms with Gasteiger partial charge in [0.05, 0.1) is 6.61 Å². The van der Waals surface area contributed by atoms with E-state index < -0.39 is 11.8 Å². The van der Waals surface area contributed by atoms with Crippen molar-refractivity contribution in [3.8, 4) is 0 Å². The molecule has 1 atom stereocenters. The Bertz CT molecular complexity index is 634. The zero-order valence-electron chi connectivity index (χ0n) is 14.7. The summed E-state index contributed by atoms with van der Waals surface area (Å²) < 4.78 is 6.19. The van der Waals surface area contributed by atoms with Gasteiger partial charge >= 0.3 is 0 Å². The molecule has 0 N–H and O–H groups in total. The lowest BCUT2D eigenvalue weighted by Crippen LogP contribution is -2.56. The largest absolute Gasteiger partial charge is 0.353 e. The first-order valence-corrected chi connectivity index (χ1v) is 9.53. The summed E-state index contributed by atoms with van der Waals surface area (Å²) >= 11 is 0. The molecule has 25 heavy (non-hydrogen) atoms. The van der Waals surface area contributed by atoms with E-state index in [-0.39, 0.29) is 11.8 Å². The lowest BCUT2D eigenvalue weighted by molar-refractivity contribution is -0.136. The third-order valence-electron chi connectivity index (χ3n) is 5.84. The zero-order chi connectivity index (χ0) is 17.3. The van der Waals surface area contributed by atoms with Gasteiger partial charge in [-0.25, -0.2) is 0 Å². The van der Waals surface area contributed by atoms with Gasteiger partial charge in [-0.05, 0) is 50.7 Å². The van der Waals surface area contributed by atoms with Gasteiger partial charge in [-0.15, -0.1) is 0 Å². The Morgan fingerprint density at radius 2 is 1.64 bits per heavy atom. The third kappa shape index (κ3) is 2.95. The van der Waals surface area contributed by atoms with Crippen LogP contribution in [0.3, 0.4) is 0 Å². The normalized spacial score (nSPS) is 25.5. The fraction of sp³-hybridized carbons (Fsp3) is 0.600. The number of hydrogen-bond donors (Lipinski definition) is 0. The van der Waals surface area contributed by atoms with E-state index in [0.717, 1.165) is 51.6 Å². The Morgan fingerprint density at radius 3 is 2.32 bits per heavy atom. The van der Waals surface area contributed by atoms with Crippen molar-refractivity contribution in [3.05, 3.63) is 35.9 Å². The lowest BCUT2D eigenvalue weighted by Gasteiger charge is -2.42. The topological polar surface area (TPSA) is 49.9 Å². The molecule has 134 valence electrons. The van der Waals surface area contributed by atoms with Gasteiger partial charge in [-0.2, -0.15) is 0 Å². The number of amides is 2. The highest BCUT2D eigenvalue weighted by Gasteiger charge is 2.53. The molecule has 0 unspecified atom stereocenters. The molecule has 2 heterocycles. The first-order valence-electron chi connectivity index (χ1n) is 9.53. The van der Waals surface area contributed by atoms with Gasteiger partial charge < -0.3 is 9.64 Å². The highest BCUT2D eigenvalue weighted by molar-refractivity contribution is 5.98. The van der Waals surface area contributed by atoms with Crippen LogP contribution in [0.5, 0.6) is 0 Å². The maximum atomic E-state index is 13.3. The molecule has 2 aliphatic heterocycles. The van der Waals surface area contributed by atoms with Crippen molar-refractivity contribution in [1.29, 1.82) is 0 Å². The molecular formula is C20H26N2O3. The number of carbonyl (C=O) groups excluding carboxylic acids is 2. The number of nitrogens with zero attached hydrogens (tertiary/aromatic N) is 2. The van der Waals surface area contributed by atoms with Crippen LogP contribution >= 0.6 is 0 Å². The van der Waals surface area contributed by atoms with Gasteiger partial charge in [-0.3, -0.25) is 14.5 Å². The molecule has 2 amide bonds. The van der Waals surface area contributed by atoms with Crippen molar-refractivity contribution in [2.75, 3.05) is 19.7 Å². The summed E-state index contributed by atoms with van der Waals surface area (Å²) in [7, 11) is 0. The average Bonchev–Trinajstić information content (AvgIpc) is 3.31. The molecule has 3 aliphatic rings. The number of rotatable bonds is 2.